The summed E-state index contributed by atoms with van der Waals surface area (Å²) in [6.45, 7) is 9.23. The van der Waals surface area contributed by atoms with Gasteiger partial charge in [-0.2, -0.15) is 5.10 Å². The minimum Gasteiger partial charge on any atom is -0.462 e. The molecule has 48 heavy (non-hydrogen) atoms. The van der Waals surface area contributed by atoms with Crippen LogP contribution in [0.25, 0.3) is 27.5 Å². The van der Waals surface area contributed by atoms with Crippen LogP contribution in [0.3, 0.4) is 0 Å². The monoisotopic (exact) mass is 662 g/mol. The Morgan fingerprint density at radius 3 is 2.29 bits per heavy atom. The number of thiazole rings is 1. The van der Waals surface area contributed by atoms with Crippen molar-refractivity contribution in [2.24, 2.45) is 0 Å². The molecule has 1 fully saturated rings. The number of aromatic nitrogens is 3. The van der Waals surface area contributed by atoms with Gasteiger partial charge in [0.2, 0.25) is 5.13 Å². The molecule has 2 aromatic heterocycles. The first-order valence-corrected chi connectivity index (χ1v) is 16.9. The molecule has 10 nitrogen and oxygen atoms in total. The van der Waals surface area contributed by atoms with Crippen LogP contribution in [0.15, 0.2) is 90.4 Å². The molecule has 0 aliphatic carbocycles. The van der Waals surface area contributed by atoms with Gasteiger partial charge in [-0.1, -0.05) is 68.4 Å². The van der Waals surface area contributed by atoms with Crippen molar-refractivity contribution >= 4 is 34.9 Å². The average molecular weight is 663 g/mol. The van der Waals surface area contributed by atoms with Gasteiger partial charge in [0.05, 0.1) is 35.3 Å². The number of esters is 1. The number of ether oxygens (including phenoxy) is 1. The van der Waals surface area contributed by atoms with E-state index in [1.165, 1.54) is 11.3 Å². The highest BCUT2D eigenvalue weighted by Gasteiger charge is 2.33. The van der Waals surface area contributed by atoms with Gasteiger partial charge in [-0.3, -0.25) is 4.79 Å². The van der Waals surface area contributed by atoms with E-state index in [4.69, 9.17) is 9.72 Å². The average Bonchev–Trinajstić information content (AvgIpc) is 3.77. The van der Waals surface area contributed by atoms with Crippen LogP contribution < -0.4 is 5.32 Å². The molecule has 0 radical (unpaired) electrons. The fourth-order valence-corrected chi connectivity index (χ4v) is 6.70. The van der Waals surface area contributed by atoms with Crippen LogP contribution in [0.5, 0.6) is 0 Å². The van der Waals surface area contributed by atoms with Crippen molar-refractivity contribution in [3.8, 4) is 27.5 Å². The van der Waals surface area contributed by atoms with Gasteiger partial charge in [0.1, 0.15) is 0 Å². The van der Waals surface area contributed by atoms with Gasteiger partial charge in [0.15, 0.2) is 0 Å². The predicted molar refractivity (Wildman–Crippen MR) is 188 cm³/mol. The molecule has 3 amide bonds. The van der Waals surface area contributed by atoms with E-state index >= 15 is 0 Å². The molecular formula is C37H38N6O4S. The molecule has 0 bridgehead atoms. The highest BCUT2D eigenvalue weighted by Crippen LogP contribution is 2.30. The normalized spacial score (nSPS) is 14.6. The number of benzene rings is 3. The number of anilines is 1. The number of urea groups is 1. The number of carbonyl (C=O) groups is 3. The summed E-state index contributed by atoms with van der Waals surface area (Å²) in [4.78, 5) is 47.4. The van der Waals surface area contributed by atoms with Crippen LogP contribution in [0.1, 0.15) is 60.0 Å². The fraction of sp³-hybridized carbons (Fsp3) is 0.270. The van der Waals surface area contributed by atoms with Crippen molar-refractivity contribution in [1.82, 2.24) is 24.6 Å². The first-order chi connectivity index (χ1) is 23.2. The van der Waals surface area contributed by atoms with Crippen molar-refractivity contribution < 1.29 is 19.1 Å². The molecule has 0 spiro atoms. The second-order valence-corrected chi connectivity index (χ2v) is 12.8. The lowest BCUT2D eigenvalue weighted by Gasteiger charge is -2.39. The zero-order valence-corrected chi connectivity index (χ0v) is 28.2. The lowest BCUT2D eigenvalue weighted by Crippen LogP contribution is -2.56. The minimum atomic E-state index is -0.405. The summed E-state index contributed by atoms with van der Waals surface area (Å²) in [6, 6.07) is 24.7. The van der Waals surface area contributed by atoms with Crippen molar-refractivity contribution in [3.63, 3.8) is 0 Å². The number of nitrogens with zero attached hydrogens (tertiary/aromatic N) is 5. The van der Waals surface area contributed by atoms with Gasteiger partial charge < -0.3 is 19.9 Å². The molecule has 11 heteroatoms. The van der Waals surface area contributed by atoms with Gasteiger partial charge >= 0.3 is 12.0 Å². The van der Waals surface area contributed by atoms with Gasteiger partial charge in [-0.15, -0.1) is 11.3 Å². The highest BCUT2D eigenvalue weighted by molar-refractivity contribution is 7.12. The number of carbonyl (C=O) groups excluding carboxylic acids is 3. The SMILES string of the molecule is CCOC(=O)c1ccc(NC(=O)N2CCN(C(=O)c3cnn(-c4nc(-c5ccc(-c6ccccc6)cc5)cs4)c3C(C)C)CC2C)cc1. The Kier molecular flexibility index (Phi) is 9.67. The second kappa shape index (κ2) is 14.2. The maximum atomic E-state index is 13.9. The fourth-order valence-electron chi connectivity index (χ4n) is 5.90. The number of amides is 3. The predicted octanol–water partition coefficient (Wildman–Crippen LogP) is 7.34. The number of nitrogens with one attached hydrogen (secondary N) is 1. The third-order valence-corrected chi connectivity index (χ3v) is 9.18. The Bertz CT molecular complexity index is 1900. The number of piperazine rings is 1. The third kappa shape index (κ3) is 6.86. The van der Waals surface area contributed by atoms with Crippen molar-refractivity contribution in [1.29, 1.82) is 0 Å². The third-order valence-electron chi connectivity index (χ3n) is 8.37. The Morgan fingerprint density at radius 2 is 1.62 bits per heavy atom. The van der Waals surface area contributed by atoms with E-state index in [1.807, 2.05) is 44.4 Å². The summed E-state index contributed by atoms with van der Waals surface area (Å²) in [7, 11) is 0. The maximum absolute atomic E-state index is 13.9. The van der Waals surface area contributed by atoms with E-state index in [2.05, 4.69) is 46.8 Å². The van der Waals surface area contributed by atoms with Crippen molar-refractivity contribution in [2.75, 3.05) is 31.6 Å². The molecule has 0 saturated carbocycles. The van der Waals surface area contributed by atoms with Crippen LogP contribution in [0, 0.1) is 0 Å². The molecule has 1 N–H and O–H groups in total. The molecule has 1 aliphatic heterocycles. The van der Waals surface area contributed by atoms with E-state index in [-0.39, 0.29) is 23.9 Å². The molecular weight excluding hydrogens is 625 g/mol. The summed E-state index contributed by atoms with van der Waals surface area (Å²) in [5.41, 5.74) is 6.51. The second-order valence-electron chi connectivity index (χ2n) is 12.0. The summed E-state index contributed by atoms with van der Waals surface area (Å²) in [5.74, 6) is -0.499. The zero-order chi connectivity index (χ0) is 33.8. The molecule has 1 aliphatic rings. The van der Waals surface area contributed by atoms with Crippen LogP contribution in [0.4, 0.5) is 10.5 Å². The smallest absolute Gasteiger partial charge is 0.338 e. The Morgan fingerprint density at radius 1 is 0.938 bits per heavy atom. The Labute approximate surface area is 284 Å². The van der Waals surface area contributed by atoms with Crippen LogP contribution in [-0.2, 0) is 4.74 Å². The lowest BCUT2D eigenvalue weighted by molar-refractivity contribution is 0.0525. The standard InChI is InChI=1S/C37H38N6O4S/c1-5-47-35(45)29-15-17-30(18-16-29)39-36(46)42-20-19-41(22-25(42)4)34(44)31-21-38-43(33(31)24(2)3)37-40-32(23-48-37)28-13-11-27(12-14-28)26-9-7-6-8-10-26/h6-18,21,23-25H,5,19-20,22H2,1-4H3,(H,39,46). The maximum Gasteiger partial charge on any atom is 0.338 e. The summed E-state index contributed by atoms with van der Waals surface area (Å²) in [6.07, 6.45) is 1.64. The van der Waals surface area contributed by atoms with Crippen LogP contribution in [0.2, 0.25) is 0 Å². The molecule has 246 valence electrons. The van der Waals surface area contributed by atoms with E-state index in [1.54, 1.807) is 51.9 Å². The lowest BCUT2D eigenvalue weighted by atomic mass is 10.0. The first-order valence-electron chi connectivity index (χ1n) is 16.1. The van der Waals surface area contributed by atoms with Gasteiger partial charge in [-0.25, -0.2) is 19.3 Å². The van der Waals surface area contributed by atoms with Gasteiger partial charge in [0.25, 0.3) is 5.91 Å². The molecule has 1 unspecified atom stereocenters. The topological polar surface area (TPSA) is 110 Å². The Hall–Kier alpha value is -5.29. The number of hydrogen-bond donors (Lipinski definition) is 1. The van der Waals surface area contributed by atoms with E-state index < -0.39 is 5.97 Å². The quantitative estimate of drug-likeness (QED) is 0.174. The first kappa shape index (κ1) is 32.6. The highest BCUT2D eigenvalue weighted by atomic mass is 32.1. The molecule has 5 aromatic rings. The Balaban J connectivity index is 1.12. The minimum absolute atomic E-state index is 0.0173. The number of rotatable bonds is 8. The largest absolute Gasteiger partial charge is 0.462 e. The molecule has 1 saturated heterocycles. The van der Waals surface area contributed by atoms with Gasteiger partial charge in [0, 0.05) is 42.3 Å². The van der Waals surface area contributed by atoms with Crippen LogP contribution >= 0.6 is 11.3 Å². The van der Waals surface area contributed by atoms with Crippen molar-refractivity contribution in [3.05, 3.63) is 107 Å². The van der Waals surface area contributed by atoms with Gasteiger partial charge in [-0.05, 0) is 55.2 Å². The summed E-state index contributed by atoms with van der Waals surface area (Å²) < 4.78 is 6.80. The zero-order valence-electron chi connectivity index (χ0n) is 27.4. The van der Waals surface area contributed by atoms with Crippen molar-refractivity contribution in [2.45, 2.75) is 39.7 Å². The summed E-state index contributed by atoms with van der Waals surface area (Å²) in [5, 5.41) is 10.2. The molecule has 6 rings (SSSR count). The molecule has 1 atom stereocenters. The van der Waals surface area contributed by atoms with E-state index in [0.29, 0.717) is 48.2 Å². The van der Waals surface area contributed by atoms with Crippen LogP contribution in [-0.4, -0.2) is 74.8 Å². The van der Waals surface area contributed by atoms with E-state index in [9.17, 15) is 14.4 Å². The number of hydrogen-bond acceptors (Lipinski definition) is 7. The molecule has 3 aromatic carbocycles. The molecule has 3 heterocycles. The summed E-state index contributed by atoms with van der Waals surface area (Å²) >= 11 is 1.49. The van der Waals surface area contributed by atoms with E-state index in [0.717, 1.165) is 28.1 Å².